The SMILES string of the molecule is CC[C@H]1c2ccsc2CCN1S(=O)(=O)c1cc([N+](=O)[O-])ccc1OC. The maximum absolute atomic E-state index is 13.3. The Morgan fingerprint density at radius 1 is 1.40 bits per heavy atom. The molecule has 0 saturated carbocycles. The Bertz CT molecular complexity index is 907. The summed E-state index contributed by atoms with van der Waals surface area (Å²) >= 11 is 1.63. The second-order valence-corrected chi connectivity index (χ2v) is 8.54. The van der Waals surface area contributed by atoms with E-state index < -0.39 is 14.9 Å². The number of rotatable bonds is 5. The Labute approximate surface area is 150 Å². The lowest BCUT2D eigenvalue weighted by Gasteiger charge is -2.34. The number of hydrogen-bond acceptors (Lipinski definition) is 6. The number of methoxy groups -OCH3 is 1. The fraction of sp³-hybridized carbons (Fsp3) is 0.375. The molecule has 9 heteroatoms. The molecule has 1 aliphatic rings. The van der Waals surface area contributed by atoms with Crippen molar-refractivity contribution in [2.24, 2.45) is 0 Å². The Balaban J connectivity index is 2.10. The van der Waals surface area contributed by atoms with Gasteiger partial charge < -0.3 is 4.74 Å². The summed E-state index contributed by atoms with van der Waals surface area (Å²) in [4.78, 5) is 11.5. The van der Waals surface area contributed by atoms with Gasteiger partial charge in [-0.15, -0.1) is 11.3 Å². The first-order valence-corrected chi connectivity index (χ1v) is 10.1. The predicted octanol–water partition coefficient (Wildman–Crippen LogP) is 3.36. The first-order valence-electron chi connectivity index (χ1n) is 7.80. The summed E-state index contributed by atoms with van der Waals surface area (Å²) in [5.74, 6) is 0.108. The van der Waals surface area contributed by atoms with E-state index in [2.05, 4.69) is 0 Å². The van der Waals surface area contributed by atoms with E-state index in [-0.39, 0.29) is 22.4 Å². The number of sulfonamides is 1. The number of nitrogens with zero attached hydrogens (tertiary/aromatic N) is 2. The van der Waals surface area contributed by atoms with E-state index in [1.54, 1.807) is 11.3 Å². The molecule has 0 bridgehead atoms. The molecule has 1 atom stereocenters. The van der Waals surface area contributed by atoms with Gasteiger partial charge in [0.2, 0.25) is 10.0 Å². The van der Waals surface area contributed by atoms with Crippen LogP contribution in [0.2, 0.25) is 0 Å². The van der Waals surface area contributed by atoms with Crippen molar-refractivity contribution in [3.8, 4) is 5.75 Å². The molecule has 0 radical (unpaired) electrons. The van der Waals surface area contributed by atoms with Crippen molar-refractivity contribution in [3.05, 3.63) is 50.2 Å². The van der Waals surface area contributed by atoms with Crippen LogP contribution in [0.1, 0.15) is 29.8 Å². The average Bonchev–Trinajstić information content (AvgIpc) is 3.08. The van der Waals surface area contributed by atoms with Crippen LogP contribution in [0.4, 0.5) is 5.69 Å². The molecule has 0 amide bonds. The summed E-state index contributed by atoms with van der Waals surface area (Å²) in [5.41, 5.74) is 0.743. The lowest BCUT2D eigenvalue weighted by atomic mass is 10.0. The minimum atomic E-state index is -3.93. The molecule has 0 saturated heterocycles. The fourth-order valence-corrected chi connectivity index (χ4v) is 5.98. The normalized spacial score (nSPS) is 17.9. The van der Waals surface area contributed by atoms with Crippen LogP contribution in [-0.4, -0.2) is 31.3 Å². The topological polar surface area (TPSA) is 89.8 Å². The van der Waals surface area contributed by atoms with E-state index in [4.69, 9.17) is 4.74 Å². The second-order valence-electron chi connectivity index (χ2n) is 5.68. The van der Waals surface area contributed by atoms with Gasteiger partial charge in [0.05, 0.1) is 18.1 Å². The highest BCUT2D eigenvalue weighted by Gasteiger charge is 2.38. The van der Waals surface area contributed by atoms with Crippen LogP contribution < -0.4 is 4.74 Å². The summed E-state index contributed by atoms with van der Waals surface area (Å²) in [5, 5.41) is 13.0. The molecule has 1 aromatic carbocycles. The van der Waals surface area contributed by atoms with Gasteiger partial charge in [0.1, 0.15) is 10.6 Å². The van der Waals surface area contributed by atoms with Crippen molar-refractivity contribution < 1.29 is 18.1 Å². The van der Waals surface area contributed by atoms with Gasteiger partial charge in [0, 0.05) is 23.6 Å². The number of fused-ring (bicyclic) bond motifs is 1. The third kappa shape index (κ3) is 3.03. The molecule has 0 spiro atoms. The van der Waals surface area contributed by atoms with Crippen molar-refractivity contribution in [2.75, 3.05) is 13.7 Å². The van der Waals surface area contributed by atoms with Crippen LogP contribution in [0.3, 0.4) is 0 Å². The number of ether oxygens (including phenoxy) is 1. The highest BCUT2D eigenvalue weighted by Crippen LogP contribution is 2.40. The van der Waals surface area contributed by atoms with Gasteiger partial charge in [-0.25, -0.2) is 8.42 Å². The smallest absolute Gasteiger partial charge is 0.271 e. The molecule has 1 aliphatic heterocycles. The largest absolute Gasteiger partial charge is 0.495 e. The Hall–Kier alpha value is -1.97. The zero-order chi connectivity index (χ0) is 18.2. The van der Waals surface area contributed by atoms with Crippen molar-refractivity contribution in [2.45, 2.75) is 30.7 Å². The molecule has 3 rings (SSSR count). The van der Waals surface area contributed by atoms with Gasteiger partial charge in [0.15, 0.2) is 0 Å². The lowest BCUT2D eigenvalue weighted by molar-refractivity contribution is -0.385. The average molecular weight is 382 g/mol. The first-order chi connectivity index (χ1) is 11.9. The van der Waals surface area contributed by atoms with Gasteiger partial charge in [-0.2, -0.15) is 4.31 Å². The summed E-state index contributed by atoms with van der Waals surface area (Å²) in [6, 6.07) is 5.32. The predicted molar refractivity (Wildman–Crippen MR) is 94.6 cm³/mol. The zero-order valence-electron chi connectivity index (χ0n) is 13.8. The van der Waals surface area contributed by atoms with Crippen LogP contribution in [0.5, 0.6) is 5.75 Å². The van der Waals surface area contributed by atoms with Gasteiger partial charge in [-0.3, -0.25) is 10.1 Å². The van der Waals surface area contributed by atoms with E-state index in [9.17, 15) is 18.5 Å². The van der Waals surface area contributed by atoms with Gasteiger partial charge in [0.25, 0.3) is 5.69 Å². The van der Waals surface area contributed by atoms with Crippen molar-refractivity contribution in [1.29, 1.82) is 0 Å². The lowest BCUT2D eigenvalue weighted by Crippen LogP contribution is -2.39. The number of non-ortho nitro benzene ring substituents is 1. The van der Waals surface area contributed by atoms with E-state index in [1.165, 1.54) is 28.4 Å². The number of nitro benzene ring substituents is 1. The van der Waals surface area contributed by atoms with Gasteiger partial charge >= 0.3 is 0 Å². The number of hydrogen-bond donors (Lipinski definition) is 0. The maximum atomic E-state index is 13.3. The third-order valence-electron chi connectivity index (χ3n) is 4.38. The van der Waals surface area contributed by atoms with E-state index >= 15 is 0 Å². The molecule has 2 heterocycles. The van der Waals surface area contributed by atoms with Crippen molar-refractivity contribution in [1.82, 2.24) is 4.31 Å². The van der Waals surface area contributed by atoms with Gasteiger partial charge in [-0.05, 0) is 35.9 Å². The Kier molecular flexibility index (Phi) is 4.81. The molecule has 0 aliphatic carbocycles. The highest BCUT2D eigenvalue weighted by molar-refractivity contribution is 7.89. The standard InChI is InChI=1S/C16H18N2O5S2/c1-3-13-12-7-9-24-15(12)6-8-17(13)25(21,22)16-10-11(18(19)20)4-5-14(16)23-2/h4-5,7,9-10,13H,3,6,8H2,1-2H3/t13-/m0/s1. The van der Waals surface area contributed by atoms with Crippen molar-refractivity contribution in [3.63, 3.8) is 0 Å². The highest BCUT2D eigenvalue weighted by atomic mass is 32.2. The van der Waals surface area contributed by atoms with Crippen LogP contribution in [0.15, 0.2) is 34.5 Å². The fourth-order valence-electron chi connectivity index (χ4n) is 3.19. The van der Waals surface area contributed by atoms with Gasteiger partial charge in [-0.1, -0.05) is 6.92 Å². The minimum absolute atomic E-state index is 0.108. The van der Waals surface area contributed by atoms with E-state index in [1.807, 2.05) is 18.4 Å². The Morgan fingerprint density at radius 2 is 2.16 bits per heavy atom. The Morgan fingerprint density at radius 3 is 2.80 bits per heavy atom. The second kappa shape index (κ2) is 6.74. The summed E-state index contributed by atoms with van der Waals surface area (Å²) < 4.78 is 33.1. The zero-order valence-corrected chi connectivity index (χ0v) is 15.5. The monoisotopic (exact) mass is 382 g/mol. The molecule has 134 valence electrons. The first kappa shape index (κ1) is 17.8. The molecule has 1 aromatic heterocycles. The molecule has 7 nitrogen and oxygen atoms in total. The summed E-state index contributed by atoms with van der Waals surface area (Å²) in [6.07, 6.45) is 1.26. The number of thiophene rings is 1. The minimum Gasteiger partial charge on any atom is -0.495 e. The van der Waals surface area contributed by atoms with Crippen LogP contribution in [0, 0.1) is 10.1 Å². The van der Waals surface area contributed by atoms with Crippen LogP contribution in [-0.2, 0) is 16.4 Å². The van der Waals surface area contributed by atoms with Crippen LogP contribution in [0.25, 0.3) is 0 Å². The third-order valence-corrected chi connectivity index (χ3v) is 7.30. The molecule has 0 fully saturated rings. The molecule has 2 aromatic rings. The quantitative estimate of drug-likeness (QED) is 0.584. The number of nitro groups is 1. The number of benzene rings is 1. The maximum Gasteiger partial charge on any atom is 0.271 e. The molecule has 25 heavy (non-hydrogen) atoms. The molecular formula is C16H18N2O5S2. The summed E-state index contributed by atoms with van der Waals surface area (Å²) in [7, 11) is -2.58. The molecule has 0 N–H and O–H groups in total. The van der Waals surface area contributed by atoms with E-state index in [0.29, 0.717) is 19.4 Å². The summed E-state index contributed by atoms with van der Waals surface area (Å²) in [6.45, 7) is 2.28. The molecular weight excluding hydrogens is 364 g/mol. The molecule has 0 unspecified atom stereocenters. The van der Waals surface area contributed by atoms with Crippen molar-refractivity contribution >= 4 is 27.0 Å². The van der Waals surface area contributed by atoms with Crippen LogP contribution >= 0.6 is 11.3 Å². The van der Waals surface area contributed by atoms with E-state index in [0.717, 1.165) is 11.6 Å².